The third-order valence-electron chi connectivity index (χ3n) is 5.53. The molecule has 0 radical (unpaired) electrons. The molecule has 4 heteroatoms. The summed E-state index contributed by atoms with van der Waals surface area (Å²) in [6.45, 7) is 17.1. The van der Waals surface area contributed by atoms with Crippen molar-refractivity contribution >= 4 is 11.6 Å². The predicted octanol–water partition coefficient (Wildman–Crippen LogP) is 5.68. The quantitative estimate of drug-likeness (QED) is 0.398. The van der Waals surface area contributed by atoms with Crippen LogP contribution >= 0.6 is 0 Å². The van der Waals surface area contributed by atoms with Crippen LogP contribution in [0.25, 0.3) is 0 Å². The second-order valence-corrected chi connectivity index (χ2v) is 8.83. The van der Waals surface area contributed by atoms with Gasteiger partial charge in [0, 0.05) is 18.4 Å². The Balaban J connectivity index is 2.89. The Morgan fingerprint density at radius 1 is 1.17 bits per heavy atom. The molecular formula is C25H38O4. The van der Waals surface area contributed by atoms with E-state index >= 15 is 0 Å². The van der Waals surface area contributed by atoms with Crippen LogP contribution in [-0.2, 0) is 14.3 Å². The highest BCUT2D eigenvalue weighted by molar-refractivity contribution is 6.03. The topological polar surface area (TPSA) is 63.6 Å². The largest absolute Gasteiger partial charge is 0.454 e. The van der Waals surface area contributed by atoms with Crippen LogP contribution in [0.5, 0.6) is 0 Å². The molecule has 0 aromatic carbocycles. The summed E-state index contributed by atoms with van der Waals surface area (Å²) in [4.78, 5) is 24.6. The second kappa shape index (κ2) is 10.2. The van der Waals surface area contributed by atoms with Gasteiger partial charge in [-0.15, -0.1) is 0 Å². The lowest BCUT2D eigenvalue weighted by Gasteiger charge is -2.16. The molecular weight excluding hydrogens is 364 g/mol. The molecule has 4 nitrogen and oxygen atoms in total. The number of allylic oxidation sites excluding steroid dienone is 6. The first-order chi connectivity index (χ1) is 13.3. The molecule has 0 bridgehead atoms. The summed E-state index contributed by atoms with van der Waals surface area (Å²) in [5, 5.41) is 10.0. The fourth-order valence-electron chi connectivity index (χ4n) is 3.81. The van der Waals surface area contributed by atoms with Gasteiger partial charge in [-0.3, -0.25) is 9.59 Å². The third kappa shape index (κ3) is 6.81. The van der Waals surface area contributed by atoms with E-state index in [1.807, 2.05) is 46.8 Å². The lowest BCUT2D eigenvalue weighted by Crippen LogP contribution is -2.32. The van der Waals surface area contributed by atoms with Crippen LogP contribution in [0.2, 0.25) is 0 Å². The van der Waals surface area contributed by atoms with E-state index in [1.165, 1.54) is 6.92 Å². The molecule has 162 valence electrons. The molecule has 4 atom stereocenters. The van der Waals surface area contributed by atoms with Crippen LogP contribution in [-0.4, -0.2) is 22.5 Å². The molecule has 1 N–H and O–H groups in total. The van der Waals surface area contributed by atoms with Gasteiger partial charge in [0.1, 0.15) is 5.76 Å². The minimum absolute atomic E-state index is 0.0420. The van der Waals surface area contributed by atoms with Crippen molar-refractivity contribution in [1.82, 2.24) is 0 Å². The van der Waals surface area contributed by atoms with E-state index in [-0.39, 0.29) is 17.6 Å². The summed E-state index contributed by atoms with van der Waals surface area (Å²) < 4.78 is 5.44. The molecule has 0 spiro atoms. The van der Waals surface area contributed by atoms with Crippen molar-refractivity contribution in [2.45, 2.75) is 80.9 Å². The Morgan fingerprint density at radius 2 is 1.76 bits per heavy atom. The molecule has 0 aromatic heterocycles. The average molecular weight is 403 g/mol. The SMILES string of the molecule is CC[C@H](C)C[C@H](C)C(=O)/C(C)=C/[C@@H](C)/C=C(C)/C=C(/C)C1=C(C)C(=O)C(C)(O)O1. The summed E-state index contributed by atoms with van der Waals surface area (Å²) in [5.74, 6) is -0.844. The van der Waals surface area contributed by atoms with E-state index in [1.54, 1.807) is 6.92 Å². The number of hydrogen-bond acceptors (Lipinski definition) is 4. The zero-order valence-electron chi connectivity index (χ0n) is 19.6. The van der Waals surface area contributed by atoms with E-state index < -0.39 is 11.6 Å². The Kier molecular flexibility index (Phi) is 8.83. The molecule has 0 fully saturated rings. The number of ether oxygens (including phenoxy) is 1. The van der Waals surface area contributed by atoms with Gasteiger partial charge >= 0.3 is 0 Å². The van der Waals surface area contributed by atoms with E-state index in [4.69, 9.17) is 4.74 Å². The zero-order chi connectivity index (χ0) is 22.5. The first-order valence-corrected chi connectivity index (χ1v) is 10.6. The summed E-state index contributed by atoms with van der Waals surface area (Å²) in [6.07, 6.45) is 8.02. The third-order valence-corrected chi connectivity index (χ3v) is 5.53. The fraction of sp³-hybridized carbons (Fsp3) is 0.600. The fourth-order valence-corrected chi connectivity index (χ4v) is 3.81. The van der Waals surface area contributed by atoms with Gasteiger partial charge in [0.15, 0.2) is 5.78 Å². The number of ketones is 2. The molecule has 29 heavy (non-hydrogen) atoms. The second-order valence-electron chi connectivity index (χ2n) is 8.83. The molecule has 0 aromatic rings. The monoisotopic (exact) mass is 402 g/mol. The smallest absolute Gasteiger partial charge is 0.269 e. The van der Waals surface area contributed by atoms with Gasteiger partial charge in [-0.05, 0) is 57.1 Å². The van der Waals surface area contributed by atoms with Gasteiger partial charge in [0.25, 0.3) is 5.79 Å². The minimum Gasteiger partial charge on any atom is -0.454 e. The maximum absolute atomic E-state index is 12.6. The normalized spacial score (nSPS) is 24.5. The number of hydrogen-bond donors (Lipinski definition) is 1. The van der Waals surface area contributed by atoms with E-state index in [0.717, 1.165) is 29.6 Å². The maximum Gasteiger partial charge on any atom is 0.269 e. The van der Waals surface area contributed by atoms with E-state index in [0.29, 0.717) is 17.3 Å². The van der Waals surface area contributed by atoms with Gasteiger partial charge < -0.3 is 9.84 Å². The van der Waals surface area contributed by atoms with Crippen LogP contribution in [0.1, 0.15) is 75.2 Å². The van der Waals surface area contributed by atoms with Crippen molar-refractivity contribution in [2.24, 2.45) is 17.8 Å². The Labute approximate surface area is 176 Å². The van der Waals surface area contributed by atoms with Crippen LogP contribution in [0.4, 0.5) is 0 Å². The highest BCUT2D eigenvalue weighted by Crippen LogP contribution is 2.32. The first kappa shape index (κ1) is 25.1. The van der Waals surface area contributed by atoms with Crippen molar-refractivity contribution in [3.8, 4) is 0 Å². The number of Topliss-reactive ketones (excluding diaryl/α,β-unsaturated/α-hetero) is 2. The summed E-state index contributed by atoms with van der Waals surface area (Å²) >= 11 is 0. The van der Waals surface area contributed by atoms with Crippen LogP contribution in [0, 0.1) is 17.8 Å². The van der Waals surface area contributed by atoms with Crippen molar-refractivity contribution in [2.75, 3.05) is 0 Å². The lowest BCUT2D eigenvalue weighted by atomic mass is 9.88. The molecule has 1 aliphatic rings. The molecule has 0 aliphatic carbocycles. The molecule has 0 saturated heterocycles. The predicted molar refractivity (Wildman–Crippen MR) is 118 cm³/mol. The van der Waals surface area contributed by atoms with Crippen molar-refractivity contribution in [3.63, 3.8) is 0 Å². The highest BCUT2D eigenvalue weighted by Gasteiger charge is 2.42. The van der Waals surface area contributed by atoms with Crippen molar-refractivity contribution < 1.29 is 19.4 Å². The lowest BCUT2D eigenvalue weighted by molar-refractivity contribution is -0.169. The van der Waals surface area contributed by atoms with Crippen LogP contribution in [0.3, 0.4) is 0 Å². The molecule has 1 heterocycles. The van der Waals surface area contributed by atoms with Gasteiger partial charge in [0.2, 0.25) is 5.78 Å². The Bertz CT molecular complexity index is 762. The summed E-state index contributed by atoms with van der Waals surface area (Å²) in [5.41, 5.74) is 3.02. The average Bonchev–Trinajstić information content (AvgIpc) is 2.83. The molecule has 1 rings (SSSR count). The van der Waals surface area contributed by atoms with Crippen molar-refractivity contribution in [3.05, 3.63) is 46.3 Å². The van der Waals surface area contributed by atoms with Gasteiger partial charge in [0.05, 0.1) is 0 Å². The summed E-state index contributed by atoms with van der Waals surface area (Å²) in [7, 11) is 0. The van der Waals surface area contributed by atoms with Gasteiger partial charge in [-0.1, -0.05) is 57.9 Å². The molecule has 1 aliphatic heterocycles. The Hall–Kier alpha value is -1.94. The number of carbonyl (C=O) groups excluding carboxylic acids is 2. The number of aliphatic hydroxyl groups is 1. The number of rotatable bonds is 9. The maximum atomic E-state index is 12.6. The van der Waals surface area contributed by atoms with Gasteiger partial charge in [-0.2, -0.15) is 0 Å². The summed E-state index contributed by atoms with van der Waals surface area (Å²) in [6, 6.07) is 0. The molecule has 1 unspecified atom stereocenters. The minimum atomic E-state index is -1.79. The van der Waals surface area contributed by atoms with E-state index in [9.17, 15) is 14.7 Å². The molecule has 0 amide bonds. The van der Waals surface area contributed by atoms with Crippen molar-refractivity contribution in [1.29, 1.82) is 0 Å². The zero-order valence-corrected chi connectivity index (χ0v) is 19.6. The van der Waals surface area contributed by atoms with Crippen LogP contribution < -0.4 is 0 Å². The Morgan fingerprint density at radius 3 is 2.24 bits per heavy atom. The standard InChI is InChI=1S/C25H38O4/c1-10-15(2)12-18(5)22(26)19(6)13-16(3)11-17(4)14-20(7)23-21(8)24(27)25(9,28)29-23/h11,13-16,18,28H,10,12H2,1-9H3/b17-11+,19-13+,20-14-/t15-,16-,18-,25?/m0/s1. The highest BCUT2D eigenvalue weighted by atomic mass is 16.6. The van der Waals surface area contributed by atoms with E-state index in [2.05, 4.69) is 19.9 Å². The van der Waals surface area contributed by atoms with Gasteiger partial charge in [-0.25, -0.2) is 0 Å². The molecule has 0 saturated carbocycles. The first-order valence-electron chi connectivity index (χ1n) is 10.6. The van der Waals surface area contributed by atoms with Crippen LogP contribution in [0.15, 0.2) is 46.3 Å². The number of carbonyl (C=O) groups is 2.